The largest absolute Gasteiger partial charge is 0.298 e. The van der Waals surface area contributed by atoms with Gasteiger partial charge in [-0.05, 0) is 38.0 Å². The van der Waals surface area contributed by atoms with Gasteiger partial charge in [-0.25, -0.2) is 4.98 Å². The highest BCUT2D eigenvalue weighted by molar-refractivity contribution is 7.24. The lowest BCUT2D eigenvalue weighted by molar-refractivity contribution is 0.112. The van der Waals surface area contributed by atoms with Crippen LogP contribution in [0.1, 0.15) is 32.9 Å². The summed E-state index contributed by atoms with van der Waals surface area (Å²) in [5.41, 5.74) is 5.58. The van der Waals surface area contributed by atoms with Gasteiger partial charge in [-0.15, -0.1) is 34.0 Å². The molecule has 5 aromatic rings. The Morgan fingerprint density at radius 1 is 0.935 bits per heavy atom. The van der Waals surface area contributed by atoms with E-state index in [0.717, 1.165) is 24.0 Å². The Morgan fingerprint density at radius 2 is 1.71 bits per heavy atom. The van der Waals surface area contributed by atoms with E-state index >= 15 is 0 Å². The zero-order valence-electron chi connectivity index (χ0n) is 17.6. The van der Waals surface area contributed by atoms with Crippen LogP contribution in [0.5, 0.6) is 0 Å². The van der Waals surface area contributed by atoms with Gasteiger partial charge in [0, 0.05) is 41.4 Å². The van der Waals surface area contributed by atoms with E-state index in [1.807, 2.05) is 58.3 Å². The zero-order chi connectivity index (χ0) is 21.5. The maximum Gasteiger partial charge on any atom is 0.150 e. The second kappa shape index (κ2) is 8.15. The van der Waals surface area contributed by atoms with Crippen LogP contribution in [0.4, 0.5) is 0 Å². The highest BCUT2D eigenvalue weighted by Crippen LogP contribution is 2.50. The Morgan fingerprint density at radius 3 is 2.42 bits per heavy atom. The smallest absolute Gasteiger partial charge is 0.150 e. The molecule has 0 amide bonds. The summed E-state index contributed by atoms with van der Waals surface area (Å²) in [5, 5.41) is 2.49. The number of aryl methyl sites for hydroxylation is 3. The highest BCUT2D eigenvalue weighted by Gasteiger charge is 2.22. The Kier molecular flexibility index (Phi) is 5.34. The topological polar surface area (TPSA) is 30.0 Å². The number of thiophene rings is 2. The molecule has 0 atom stereocenters. The van der Waals surface area contributed by atoms with Gasteiger partial charge in [0.1, 0.15) is 6.29 Å². The number of fused-ring (bicyclic) bond motifs is 1. The van der Waals surface area contributed by atoms with Crippen molar-refractivity contribution in [1.82, 2.24) is 4.98 Å². The molecule has 0 aliphatic heterocycles. The number of aromatic nitrogens is 1. The van der Waals surface area contributed by atoms with Crippen molar-refractivity contribution in [2.24, 2.45) is 0 Å². The molecule has 5 rings (SSSR count). The number of rotatable bonds is 5. The van der Waals surface area contributed by atoms with Gasteiger partial charge in [-0.2, -0.15) is 0 Å². The van der Waals surface area contributed by atoms with E-state index in [9.17, 15) is 4.79 Å². The Labute approximate surface area is 193 Å². The lowest BCUT2D eigenvalue weighted by Crippen LogP contribution is -1.81. The number of nitrogens with zero attached hydrogens (tertiary/aromatic N) is 1. The van der Waals surface area contributed by atoms with Crippen molar-refractivity contribution < 1.29 is 4.79 Å². The summed E-state index contributed by atoms with van der Waals surface area (Å²) in [4.78, 5) is 21.0. The van der Waals surface area contributed by atoms with Crippen molar-refractivity contribution in [3.05, 3.63) is 75.7 Å². The van der Waals surface area contributed by atoms with Crippen LogP contribution in [-0.4, -0.2) is 11.3 Å². The molecule has 2 aromatic carbocycles. The molecule has 0 fully saturated rings. The van der Waals surface area contributed by atoms with Gasteiger partial charge in [0.15, 0.2) is 0 Å². The third-order valence-corrected chi connectivity index (χ3v) is 9.08. The Bertz CT molecular complexity index is 1400. The van der Waals surface area contributed by atoms with Crippen LogP contribution in [0.15, 0.2) is 54.6 Å². The van der Waals surface area contributed by atoms with Crippen LogP contribution >= 0.6 is 34.0 Å². The monoisotopic (exact) mass is 459 g/mol. The minimum absolute atomic E-state index is 0.705. The SMILES string of the molecule is CCc1nc(C)c(-c2c(-c3cc(-c4ccc(C=O)cc4)sc3C)sc3ccccc23)s1. The summed E-state index contributed by atoms with van der Waals surface area (Å²) in [6.07, 6.45) is 1.85. The first-order valence-corrected chi connectivity index (χ1v) is 12.7. The average Bonchev–Trinajstić information content (AvgIpc) is 3.47. The van der Waals surface area contributed by atoms with Crippen LogP contribution in [0.3, 0.4) is 0 Å². The molecule has 0 aliphatic carbocycles. The van der Waals surface area contributed by atoms with Gasteiger partial charge in [-0.3, -0.25) is 4.79 Å². The number of thiazole rings is 1. The van der Waals surface area contributed by atoms with E-state index in [-0.39, 0.29) is 0 Å². The van der Waals surface area contributed by atoms with Crippen molar-refractivity contribution in [1.29, 1.82) is 0 Å². The zero-order valence-corrected chi connectivity index (χ0v) is 20.0. The molecule has 0 unspecified atom stereocenters. The lowest BCUT2D eigenvalue weighted by Gasteiger charge is -2.04. The molecule has 0 saturated heterocycles. The summed E-state index contributed by atoms with van der Waals surface area (Å²) in [6, 6.07) is 18.8. The molecule has 5 heteroatoms. The molecule has 31 heavy (non-hydrogen) atoms. The third kappa shape index (κ3) is 3.57. The van der Waals surface area contributed by atoms with Crippen LogP contribution in [0.2, 0.25) is 0 Å². The third-order valence-electron chi connectivity index (χ3n) is 5.46. The van der Waals surface area contributed by atoms with Crippen LogP contribution in [-0.2, 0) is 6.42 Å². The fraction of sp³-hybridized carbons (Fsp3) is 0.154. The standard InChI is InChI=1S/C26H21NOS3/c1-4-23-27-15(2)25(31-23)24-19-7-5-6-8-21(19)30-26(24)20-13-22(29-16(20)3)18-11-9-17(14-28)10-12-18/h5-14H,4H2,1-3H3. The number of hydrogen-bond donors (Lipinski definition) is 0. The summed E-state index contributed by atoms with van der Waals surface area (Å²) in [6.45, 7) is 6.50. The number of aldehydes is 1. The molecule has 0 N–H and O–H groups in total. The first-order valence-electron chi connectivity index (χ1n) is 10.2. The Hall–Kier alpha value is -2.60. The van der Waals surface area contributed by atoms with E-state index in [2.05, 4.69) is 51.1 Å². The van der Waals surface area contributed by atoms with Crippen molar-refractivity contribution in [3.63, 3.8) is 0 Å². The molecule has 154 valence electrons. The summed E-state index contributed by atoms with van der Waals surface area (Å²) < 4.78 is 1.31. The molecule has 3 heterocycles. The number of hydrogen-bond acceptors (Lipinski definition) is 5. The molecule has 0 aliphatic rings. The van der Waals surface area contributed by atoms with E-state index in [0.29, 0.717) is 5.56 Å². The van der Waals surface area contributed by atoms with Crippen molar-refractivity contribution in [3.8, 4) is 31.3 Å². The maximum atomic E-state index is 11.0. The number of benzene rings is 2. The quantitative estimate of drug-likeness (QED) is 0.247. The van der Waals surface area contributed by atoms with Crippen LogP contribution in [0, 0.1) is 13.8 Å². The van der Waals surface area contributed by atoms with E-state index in [1.54, 1.807) is 0 Å². The molecular formula is C26H21NOS3. The van der Waals surface area contributed by atoms with Crippen molar-refractivity contribution in [2.45, 2.75) is 27.2 Å². The van der Waals surface area contributed by atoms with E-state index in [4.69, 9.17) is 4.98 Å². The molecular weight excluding hydrogens is 438 g/mol. The molecule has 2 nitrogen and oxygen atoms in total. The fourth-order valence-electron chi connectivity index (χ4n) is 3.87. The number of carbonyl (C=O) groups is 1. The predicted octanol–water partition coefficient (Wildman–Crippen LogP) is 8.41. The molecule has 0 bridgehead atoms. The minimum atomic E-state index is 0.705. The van der Waals surface area contributed by atoms with Gasteiger partial charge in [0.05, 0.1) is 15.6 Å². The minimum Gasteiger partial charge on any atom is -0.298 e. The number of carbonyl (C=O) groups excluding carboxylic acids is 1. The van der Waals surface area contributed by atoms with Gasteiger partial charge < -0.3 is 0 Å². The van der Waals surface area contributed by atoms with Crippen LogP contribution < -0.4 is 0 Å². The van der Waals surface area contributed by atoms with Crippen molar-refractivity contribution >= 4 is 50.4 Å². The van der Waals surface area contributed by atoms with Gasteiger partial charge in [-0.1, -0.05) is 49.4 Å². The molecule has 0 spiro atoms. The normalized spacial score (nSPS) is 11.3. The van der Waals surface area contributed by atoms with Crippen LogP contribution in [0.25, 0.3) is 41.4 Å². The van der Waals surface area contributed by atoms with Gasteiger partial charge in [0.2, 0.25) is 0 Å². The lowest BCUT2D eigenvalue weighted by atomic mass is 10.0. The second-order valence-electron chi connectivity index (χ2n) is 7.50. The summed E-state index contributed by atoms with van der Waals surface area (Å²) >= 11 is 5.49. The first kappa shape index (κ1) is 20.3. The van der Waals surface area contributed by atoms with E-state index in [1.165, 1.54) is 45.7 Å². The first-order chi connectivity index (χ1) is 15.1. The molecule has 0 saturated carbocycles. The summed E-state index contributed by atoms with van der Waals surface area (Å²) in [5.74, 6) is 0. The fourth-order valence-corrected chi connectivity index (χ4v) is 7.39. The maximum absolute atomic E-state index is 11.0. The predicted molar refractivity (Wildman–Crippen MR) is 136 cm³/mol. The Balaban J connectivity index is 1.71. The van der Waals surface area contributed by atoms with Crippen molar-refractivity contribution in [2.75, 3.05) is 0 Å². The van der Waals surface area contributed by atoms with E-state index < -0.39 is 0 Å². The second-order valence-corrected chi connectivity index (χ2v) is 10.9. The van der Waals surface area contributed by atoms with Gasteiger partial charge in [0.25, 0.3) is 0 Å². The molecule has 0 radical (unpaired) electrons. The molecule has 3 aromatic heterocycles. The average molecular weight is 460 g/mol. The highest BCUT2D eigenvalue weighted by atomic mass is 32.1. The summed E-state index contributed by atoms with van der Waals surface area (Å²) in [7, 11) is 0. The van der Waals surface area contributed by atoms with Gasteiger partial charge >= 0.3 is 0 Å².